The lowest BCUT2D eigenvalue weighted by Gasteiger charge is -2.22. The van der Waals surface area contributed by atoms with Gasteiger partial charge in [-0.2, -0.15) is 0 Å². The van der Waals surface area contributed by atoms with Gasteiger partial charge in [-0.05, 0) is 77.0 Å². The van der Waals surface area contributed by atoms with Crippen LogP contribution in [0.2, 0.25) is 0 Å². The Morgan fingerprint density at radius 3 is 0.899 bits per heavy atom. The first-order valence-electron chi connectivity index (χ1n) is 36.1. The van der Waals surface area contributed by atoms with Crippen molar-refractivity contribution in [2.45, 2.75) is 418 Å². The molecule has 2 atom stereocenters. The quantitative estimate of drug-likeness (QED) is 0.0320. The summed E-state index contributed by atoms with van der Waals surface area (Å²) in [5.41, 5.74) is 0. The summed E-state index contributed by atoms with van der Waals surface area (Å²) in [7, 11) is 0. The first kappa shape index (κ1) is 77.3. The van der Waals surface area contributed by atoms with Crippen molar-refractivity contribution >= 4 is 11.9 Å². The van der Waals surface area contributed by atoms with Crippen molar-refractivity contribution in [3.63, 3.8) is 0 Å². The van der Waals surface area contributed by atoms with Crippen LogP contribution in [0.5, 0.6) is 0 Å². The highest BCUT2D eigenvalue weighted by Gasteiger charge is 2.20. The minimum Gasteiger partial charge on any atom is -0.466 e. The topological polar surface area (TPSA) is 95.9 Å². The van der Waals surface area contributed by atoms with E-state index in [0.29, 0.717) is 25.9 Å². The molecule has 0 aromatic heterocycles. The molecule has 0 heterocycles. The summed E-state index contributed by atoms with van der Waals surface area (Å²) in [5, 5.41) is 23.3. The fourth-order valence-corrected chi connectivity index (χ4v) is 11.5. The maximum absolute atomic E-state index is 12.5. The molecule has 0 aliphatic carbocycles. The second-order valence-electron chi connectivity index (χ2n) is 24.9. The molecule has 0 saturated heterocycles. The summed E-state index contributed by atoms with van der Waals surface area (Å²) < 4.78 is 5.51. The second-order valence-corrected chi connectivity index (χ2v) is 24.9. The lowest BCUT2D eigenvalue weighted by atomic mass is 10.0. The van der Waals surface area contributed by atoms with Crippen LogP contribution in [-0.2, 0) is 14.3 Å². The molecule has 0 aromatic carbocycles. The van der Waals surface area contributed by atoms with E-state index in [2.05, 4.69) is 43.5 Å². The van der Waals surface area contributed by atoms with E-state index >= 15 is 0 Å². The van der Waals surface area contributed by atoms with Crippen molar-refractivity contribution in [2.75, 3.05) is 13.2 Å². The van der Waals surface area contributed by atoms with Gasteiger partial charge in [0.1, 0.15) is 0 Å². The van der Waals surface area contributed by atoms with Crippen LogP contribution in [0.4, 0.5) is 0 Å². The molecule has 0 rings (SSSR count). The molecule has 0 radical (unpaired) electrons. The van der Waals surface area contributed by atoms with Crippen LogP contribution in [0.1, 0.15) is 406 Å². The Balaban J connectivity index is 3.35. The Labute approximate surface area is 494 Å². The predicted octanol–water partition coefficient (Wildman–Crippen LogP) is 23.3. The van der Waals surface area contributed by atoms with Gasteiger partial charge < -0.3 is 20.3 Å². The van der Waals surface area contributed by atoms with Crippen LogP contribution in [0, 0.1) is 0 Å². The number of nitrogens with one attached hydrogen (secondary N) is 1. The average Bonchev–Trinajstić information content (AvgIpc) is 3.45. The first-order valence-corrected chi connectivity index (χ1v) is 36.1. The molecule has 1 amide bonds. The largest absolute Gasteiger partial charge is 0.466 e. The van der Waals surface area contributed by atoms with Crippen molar-refractivity contribution in [1.82, 2.24) is 5.32 Å². The van der Waals surface area contributed by atoms with E-state index in [1.54, 1.807) is 0 Å². The van der Waals surface area contributed by atoms with Crippen molar-refractivity contribution in [2.24, 2.45) is 0 Å². The highest BCUT2D eigenvalue weighted by molar-refractivity contribution is 5.76. The van der Waals surface area contributed by atoms with Gasteiger partial charge in [-0.1, -0.05) is 340 Å². The van der Waals surface area contributed by atoms with Gasteiger partial charge in [-0.25, -0.2) is 0 Å². The average molecular weight is 1110 g/mol. The molecule has 0 spiro atoms. The van der Waals surface area contributed by atoms with Gasteiger partial charge >= 0.3 is 5.97 Å². The Morgan fingerprint density at radius 2 is 0.595 bits per heavy atom. The van der Waals surface area contributed by atoms with Crippen molar-refractivity contribution in [1.29, 1.82) is 0 Å². The molecule has 468 valence electrons. The monoisotopic (exact) mass is 1110 g/mol. The fraction of sp³-hybridized carbons (Fsp3) is 0.918. The van der Waals surface area contributed by atoms with Crippen molar-refractivity contribution in [3.05, 3.63) is 24.3 Å². The normalized spacial score (nSPS) is 12.6. The number of esters is 1. The number of hydrogen-bond donors (Lipinski definition) is 3. The Kier molecular flexibility index (Phi) is 67.4. The van der Waals surface area contributed by atoms with E-state index < -0.39 is 12.1 Å². The Bertz CT molecular complexity index is 1230. The SMILES string of the molecule is CCCCCCCCC/C=C\CCCCCCCCCC(=O)OCCCCCCCCCCCCCC/C=C\CCCCCCCCCCCCCCCC(=O)NC(CO)C(O)CCCCCCCCCCCCCCCCC. The van der Waals surface area contributed by atoms with E-state index in [1.165, 1.54) is 327 Å². The second kappa shape index (κ2) is 68.8. The zero-order chi connectivity index (χ0) is 57.1. The molecule has 0 bridgehead atoms. The summed E-state index contributed by atoms with van der Waals surface area (Å²) in [4.78, 5) is 24.6. The zero-order valence-corrected chi connectivity index (χ0v) is 53.6. The lowest BCUT2D eigenvalue weighted by molar-refractivity contribution is -0.143. The number of hydrogen-bond acceptors (Lipinski definition) is 5. The molecule has 6 heteroatoms. The van der Waals surface area contributed by atoms with Gasteiger partial charge in [0.05, 0.1) is 25.4 Å². The highest BCUT2D eigenvalue weighted by Crippen LogP contribution is 2.19. The van der Waals surface area contributed by atoms with Crippen LogP contribution in [0.25, 0.3) is 0 Å². The first-order chi connectivity index (χ1) is 39.0. The number of carbonyl (C=O) groups excluding carboxylic acids is 2. The van der Waals surface area contributed by atoms with Gasteiger partial charge in [-0.15, -0.1) is 0 Å². The van der Waals surface area contributed by atoms with Crippen LogP contribution in [0.3, 0.4) is 0 Å². The molecule has 0 fully saturated rings. The molecule has 0 aliphatic heterocycles. The maximum atomic E-state index is 12.5. The highest BCUT2D eigenvalue weighted by atomic mass is 16.5. The summed E-state index contributed by atoms with van der Waals surface area (Å²) in [6.45, 7) is 4.98. The van der Waals surface area contributed by atoms with E-state index in [9.17, 15) is 19.8 Å². The summed E-state index contributed by atoms with van der Waals surface area (Å²) in [6, 6.07) is -0.540. The van der Waals surface area contributed by atoms with Crippen LogP contribution >= 0.6 is 0 Å². The molecular formula is C73H141NO5. The number of ether oxygens (including phenoxy) is 1. The molecule has 0 saturated carbocycles. The molecule has 6 nitrogen and oxygen atoms in total. The predicted molar refractivity (Wildman–Crippen MR) is 347 cm³/mol. The maximum Gasteiger partial charge on any atom is 0.305 e. The minimum absolute atomic E-state index is 0.0144. The Morgan fingerprint density at radius 1 is 0.342 bits per heavy atom. The van der Waals surface area contributed by atoms with Crippen LogP contribution < -0.4 is 5.32 Å². The Hall–Kier alpha value is -1.66. The number of rotatable bonds is 68. The third-order valence-corrected chi connectivity index (χ3v) is 17.0. The number of allylic oxidation sites excluding steroid dienone is 4. The van der Waals surface area contributed by atoms with Gasteiger partial charge in [0.25, 0.3) is 0 Å². The van der Waals surface area contributed by atoms with Crippen molar-refractivity contribution in [3.8, 4) is 0 Å². The van der Waals surface area contributed by atoms with E-state index in [-0.39, 0.29) is 18.5 Å². The van der Waals surface area contributed by atoms with E-state index in [0.717, 1.165) is 44.9 Å². The molecule has 79 heavy (non-hydrogen) atoms. The fourth-order valence-electron chi connectivity index (χ4n) is 11.5. The molecule has 3 N–H and O–H groups in total. The van der Waals surface area contributed by atoms with E-state index in [1.807, 2.05) is 0 Å². The van der Waals surface area contributed by atoms with Crippen LogP contribution in [-0.4, -0.2) is 47.4 Å². The molecule has 0 aliphatic rings. The summed E-state index contributed by atoms with van der Waals surface area (Å²) in [5.74, 6) is -0.0169. The number of unbranched alkanes of at least 4 members (excludes halogenated alkanes) is 53. The van der Waals surface area contributed by atoms with Gasteiger partial charge in [-0.3, -0.25) is 9.59 Å². The van der Waals surface area contributed by atoms with Crippen LogP contribution in [0.15, 0.2) is 24.3 Å². The standard InChI is InChI=1S/C73H141NO5/c1-3-5-7-9-11-13-15-17-19-20-35-39-43-47-51-55-59-63-67-73(78)79-68-64-60-56-52-48-44-40-36-33-31-29-27-25-23-21-22-24-26-28-30-32-34-38-42-46-50-54-58-62-66-72(77)74-70(69-75)71(76)65-61-57-53-49-45-41-37-18-16-14-12-10-8-6-4-2/h19-21,23,70-71,75-76H,3-18,22,24-69H2,1-2H3,(H,74,77)/b20-19-,23-21-. The van der Waals surface area contributed by atoms with E-state index in [4.69, 9.17) is 4.74 Å². The van der Waals surface area contributed by atoms with Gasteiger partial charge in [0, 0.05) is 12.8 Å². The molecular weight excluding hydrogens is 971 g/mol. The third kappa shape index (κ3) is 65.4. The third-order valence-electron chi connectivity index (χ3n) is 17.0. The number of carbonyl (C=O) groups is 2. The van der Waals surface area contributed by atoms with Gasteiger partial charge in [0.15, 0.2) is 0 Å². The zero-order valence-electron chi connectivity index (χ0n) is 53.6. The molecule has 0 aromatic rings. The van der Waals surface area contributed by atoms with Gasteiger partial charge in [0.2, 0.25) is 5.91 Å². The summed E-state index contributed by atoms with van der Waals surface area (Å²) in [6.07, 6.45) is 86.6. The van der Waals surface area contributed by atoms with Crippen molar-refractivity contribution < 1.29 is 24.5 Å². The smallest absolute Gasteiger partial charge is 0.305 e. The number of aliphatic hydroxyl groups is 2. The number of amides is 1. The summed E-state index contributed by atoms with van der Waals surface area (Å²) >= 11 is 0. The lowest BCUT2D eigenvalue weighted by Crippen LogP contribution is -2.45. The number of aliphatic hydroxyl groups excluding tert-OH is 2. The minimum atomic E-state index is -0.663. The molecule has 2 unspecified atom stereocenters.